The topological polar surface area (TPSA) is 50.2 Å². The van der Waals surface area contributed by atoms with Crippen molar-refractivity contribution in [3.63, 3.8) is 0 Å². The first kappa shape index (κ1) is 6.22. The van der Waals surface area contributed by atoms with E-state index in [0.717, 1.165) is 4.88 Å². The number of rotatable bonds is 1. The molecule has 1 aromatic rings. The number of aryl methyl sites for hydroxylation is 1. The van der Waals surface area contributed by atoms with Crippen molar-refractivity contribution < 1.29 is 9.90 Å². The first-order chi connectivity index (χ1) is 4.22. The van der Waals surface area contributed by atoms with Gasteiger partial charge in [-0.05, 0) is 6.92 Å². The lowest BCUT2D eigenvalue weighted by Crippen LogP contribution is -1.97. The van der Waals surface area contributed by atoms with Gasteiger partial charge in [-0.15, -0.1) is 11.3 Å². The van der Waals surface area contributed by atoms with Crippen LogP contribution in [0.25, 0.3) is 0 Å². The average molecular weight is 143 g/mol. The number of aromatic nitrogens is 1. The second kappa shape index (κ2) is 2.14. The van der Waals surface area contributed by atoms with Crippen LogP contribution in [0.4, 0.5) is 0 Å². The van der Waals surface area contributed by atoms with Crippen LogP contribution >= 0.6 is 11.3 Å². The van der Waals surface area contributed by atoms with Crippen LogP contribution in [0, 0.1) is 6.92 Å². The van der Waals surface area contributed by atoms with Gasteiger partial charge >= 0.3 is 5.97 Å². The number of carboxylic acid groups (broad SMARTS) is 1. The quantitative estimate of drug-likeness (QED) is 0.641. The van der Waals surface area contributed by atoms with E-state index < -0.39 is 5.97 Å². The van der Waals surface area contributed by atoms with Gasteiger partial charge in [-0.25, -0.2) is 9.78 Å². The van der Waals surface area contributed by atoms with Crippen molar-refractivity contribution in [1.82, 2.24) is 4.98 Å². The van der Waals surface area contributed by atoms with Gasteiger partial charge in [0, 0.05) is 4.88 Å². The Morgan fingerprint density at radius 1 is 1.89 bits per heavy atom. The second-order valence-corrected chi connectivity index (χ2v) is 2.62. The molecule has 1 aromatic heterocycles. The molecule has 0 unspecified atom stereocenters. The molecule has 0 amide bonds. The summed E-state index contributed by atoms with van der Waals surface area (Å²) in [6.45, 7) is 1.74. The summed E-state index contributed by atoms with van der Waals surface area (Å²) in [5.41, 5.74) is 1.69. The minimum absolute atomic E-state index is 0.167. The lowest BCUT2D eigenvalue weighted by Gasteiger charge is -1.84. The number of carbonyl (C=O) groups is 1. The van der Waals surface area contributed by atoms with Gasteiger partial charge in [0.2, 0.25) is 0 Å². The highest BCUT2D eigenvalue weighted by molar-refractivity contribution is 7.09. The zero-order chi connectivity index (χ0) is 6.85. The molecule has 9 heavy (non-hydrogen) atoms. The van der Waals surface area contributed by atoms with E-state index in [1.54, 1.807) is 6.92 Å². The molecule has 0 saturated carbocycles. The monoisotopic (exact) mass is 143 g/mol. The highest BCUT2D eigenvalue weighted by Crippen LogP contribution is 2.09. The number of hydrogen-bond donors (Lipinski definition) is 1. The fraction of sp³-hybridized carbons (Fsp3) is 0.200. The molecule has 0 fully saturated rings. The molecule has 0 aromatic carbocycles. The summed E-state index contributed by atoms with van der Waals surface area (Å²) in [7, 11) is 0. The maximum atomic E-state index is 10.2. The van der Waals surface area contributed by atoms with Crippen molar-refractivity contribution in [3.8, 4) is 0 Å². The molecule has 48 valence electrons. The first-order valence-electron chi connectivity index (χ1n) is 2.35. The van der Waals surface area contributed by atoms with Crippen LogP contribution in [0.15, 0.2) is 5.51 Å². The number of thiazole rings is 1. The van der Waals surface area contributed by atoms with E-state index >= 15 is 0 Å². The van der Waals surface area contributed by atoms with Crippen molar-refractivity contribution in [2.24, 2.45) is 0 Å². The second-order valence-electron chi connectivity index (χ2n) is 1.56. The molecule has 0 radical (unpaired) electrons. The summed E-state index contributed by atoms with van der Waals surface area (Å²) in [6, 6.07) is 0. The molecule has 0 aliphatic carbocycles. The maximum absolute atomic E-state index is 10.2. The molecule has 0 atom stereocenters. The van der Waals surface area contributed by atoms with Crippen molar-refractivity contribution in [3.05, 3.63) is 16.1 Å². The molecule has 1 heterocycles. The molecule has 4 heteroatoms. The van der Waals surface area contributed by atoms with Crippen LogP contribution in [-0.4, -0.2) is 16.1 Å². The Labute approximate surface area is 56.0 Å². The molecule has 1 rings (SSSR count). The standard InChI is InChI=1S/C5H5NO2S/c1-3-4(5(7)8)6-2-9-3/h2H,1H3,(H,7,8). The lowest BCUT2D eigenvalue weighted by molar-refractivity contribution is 0.0690. The zero-order valence-electron chi connectivity index (χ0n) is 4.79. The number of aromatic carboxylic acids is 1. The summed E-state index contributed by atoms with van der Waals surface area (Å²) < 4.78 is 0. The molecule has 0 spiro atoms. The fourth-order valence-corrected chi connectivity index (χ4v) is 1.08. The van der Waals surface area contributed by atoms with Crippen LogP contribution in [0.1, 0.15) is 15.4 Å². The van der Waals surface area contributed by atoms with E-state index in [2.05, 4.69) is 4.98 Å². The van der Waals surface area contributed by atoms with E-state index in [9.17, 15) is 4.79 Å². The van der Waals surface area contributed by atoms with Crippen molar-refractivity contribution >= 4 is 17.3 Å². The largest absolute Gasteiger partial charge is 0.476 e. The Hall–Kier alpha value is -0.900. The van der Waals surface area contributed by atoms with Crippen LogP contribution < -0.4 is 0 Å². The van der Waals surface area contributed by atoms with Gasteiger partial charge in [-0.2, -0.15) is 0 Å². The van der Waals surface area contributed by atoms with Gasteiger partial charge in [0.15, 0.2) is 5.69 Å². The minimum Gasteiger partial charge on any atom is -0.476 e. The zero-order valence-corrected chi connectivity index (χ0v) is 5.60. The van der Waals surface area contributed by atoms with Crippen molar-refractivity contribution in [2.75, 3.05) is 0 Å². The van der Waals surface area contributed by atoms with E-state index in [1.165, 1.54) is 16.8 Å². The molecule has 0 saturated heterocycles. The predicted molar refractivity (Wildman–Crippen MR) is 33.8 cm³/mol. The maximum Gasteiger partial charge on any atom is 0.355 e. The van der Waals surface area contributed by atoms with Gasteiger partial charge in [0.1, 0.15) is 0 Å². The van der Waals surface area contributed by atoms with E-state index in [4.69, 9.17) is 5.11 Å². The smallest absolute Gasteiger partial charge is 0.355 e. The van der Waals surface area contributed by atoms with E-state index in [0.29, 0.717) is 0 Å². The minimum atomic E-state index is -0.950. The Balaban J connectivity index is 3.08. The van der Waals surface area contributed by atoms with Gasteiger partial charge in [-0.3, -0.25) is 0 Å². The Morgan fingerprint density at radius 2 is 2.56 bits per heavy atom. The first-order valence-corrected chi connectivity index (χ1v) is 3.23. The highest BCUT2D eigenvalue weighted by Gasteiger charge is 2.07. The summed E-state index contributed by atoms with van der Waals surface area (Å²) in [4.78, 5) is 14.6. The third-order valence-corrected chi connectivity index (χ3v) is 1.71. The fourth-order valence-electron chi connectivity index (χ4n) is 0.511. The summed E-state index contributed by atoms with van der Waals surface area (Å²) in [6.07, 6.45) is 0. The molecule has 0 aliphatic heterocycles. The average Bonchev–Trinajstić information content (AvgIpc) is 2.13. The van der Waals surface area contributed by atoms with Crippen LogP contribution in [0.5, 0.6) is 0 Å². The summed E-state index contributed by atoms with van der Waals surface area (Å²) in [5.74, 6) is -0.950. The third-order valence-electron chi connectivity index (χ3n) is 0.947. The summed E-state index contributed by atoms with van der Waals surface area (Å²) in [5, 5.41) is 8.40. The highest BCUT2D eigenvalue weighted by atomic mass is 32.1. The number of hydrogen-bond acceptors (Lipinski definition) is 3. The molecule has 0 aliphatic rings. The normalized spacial score (nSPS) is 9.44. The Kier molecular flexibility index (Phi) is 1.48. The van der Waals surface area contributed by atoms with Crippen LogP contribution in [0.3, 0.4) is 0 Å². The summed E-state index contributed by atoms with van der Waals surface area (Å²) >= 11 is 1.34. The van der Waals surface area contributed by atoms with Crippen molar-refractivity contribution in [2.45, 2.75) is 6.92 Å². The van der Waals surface area contributed by atoms with Gasteiger partial charge in [0.05, 0.1) is 5.51 Å². The molecular weight excluding hydrogens is 138 g/mol. The Bertz CT molecular complexity index is 231. The molecule has 1 N–H and O–H groups in total. The molecular formula is C5H5NO2S. The van der Waals surface area contributed by atoms with Gasteiger partial charge < -0.3 is 5.11 Å². The van der Waals surface area contributed by atoms with Gasteiger partial charge in [0.25, 0.3) is 0 Å². The molecule has 0 bridgehead atoms. The predicted octanol–water partition coefficient (Wildman–Crippen LogP) is 1.15. The lowest BCUT2D eigenvalue weighted by atomic mass is 10.4. The third kappa shape index (κ3) is 1.08. The number of nitrogens with zero attached hydrogens (tertiary/aromatic N) is 1. The van der Waals surface area contributed by atoms with E-state index in [1.807, 2.05) is 0 Å². The molecule has 3 nitrogen and oxygen atoms in total. The Morgan fingerprint density at radius 3 is 2.78 bits per heavy atom. The van der Waals surface area contributed by atoms with Gasteiger partial charge in [-0.1, -0.05) is 0 Å². The number of carboxylic acids is 1. The SMILES string of the molecule is Cc1scnc1C(=O)O. The van der Waals surface area contributed by atoms with E-state index in [-0.39, 0.29) is 5.69 Å². The van der Waals surface area contributed by atoms with Crippen LogP contribution in [0.2, 0.25) is 0 Å². The van der Waals surface area contributed by atoms with Crippen LogP contribution in [-0.2, 0) is 0 Å². The van der Waals surface area contributed by atoms with Crippen molar-refractivity contribution in [1.29, 1.82) is 0 Å².